The summed E-state index contributed by atoms with van der Waals surface area (Å²) in [5.41, 5.74) is 2.11. The molecule has 1 amide bonds. The number of nitrogens with one attached hydrogen (secondary N) is 1. The van der Waals surface area contributed by atoms with Gasteiger partial charge in [-0.1, -0.05) is 36.0 Å². The Morgan fingerprint density at radius 1 is 1.24 bits per heavy atom. The summed E-state index contributed by atoms with van der Waals surface area (Å²) in [4.78, 5) is 22.9. The number of benzene rings is 2. The van der Waals surface area contributed by atoms with Crippen molar-refractivity contribution in [2.45, 2.75) is 30.8 Å². The summed E-state index contributed by atoms with van der Waals surface area (Å²) in [6.45, 7) is 1.79. The molecule has 1 saturated carbocycles. The van der Waals surface area contributed by atoms with Crippen molar-refractivity contribution in [1.82, 2.24) is 14.8 Å². The van der Waals surface area contributed by atoms with Gasteiger partial charge in [-0.2, -0.15) is 0 Å². The number of hydrogen-bond acceptors (Lipinski definition) is 6. The topological polar surface area (TPSA) is 103 Å². The van der Waals surface area contributed by atoms with E-state index in [2.05, 4.69) is 15.5 Å². The zero-order valence-electron chi connectivity index (χ0n) is 15.7. The highest BCUT2D eigenvalue weighted by Gasteiger charge is 2.31. The van der Waals surface area contributed by atoms with Gasteiger partial charge in [0, 0.05) is 23.7 Å². The minimum Gasteiger partial charge on any atom is -0.325 e. The lowest BCUT2D eigenvalue weighted by atomic mass is 10.2. The molecule has 29 heavy (non-hydrogen) atoms. The molecule has 1 aliphatic rings. The molecule has 1 fully saturated rings. The molecule has 0 spiro atoms. The zero-order valence-corrected chi connectivity index (χ0v) is 16.6. The second-order valence-corrected chi connectivity index (χ2v) is 7.82. The zero-order chi connectivity index (χ0) is 20.4. The summed E-state index contributed by atoms with van der Waals surface area (Å²) >= 11 is 1.30. The van der Waals surface area contributed by atoms with Gasteiger partial charge in [0.05, 0.1) is 16.4 Å². The van der Waals surface area contributed by atoms with Gasteiger partial charge in [0.15, 0.2) is 5.16 Å². The minimum absolute atomic E-state index is 0.0588. The Morgan fingerprint density at radius 2 is 2.00 bits per heavy atom. The number of thioether (sulfide) groups is 1. The van der Waals surface area contributed by atoms with Gasteiger partial charge in [-0.15, -0.1) is 10.2 Å². The third-order valence-electron chi connectivity index (χ3n) is 4.65. The number of carbonyl (C=O) groups is 1. The number of aryl methyl sites for hydroxylation is 1. The van der Waals surface area contributed by atoms with Crippen LogP contribution in [-0.4, -0.2) is 31.3 Å². The van der Waals surface area contributed by atoms with Crippen LogP contribution in [0.3, 0.4) is 0 Å². The Bertz CT molecular complexity index is 1060. The Labute approximate surface area is 171 Å². The van der Waals surface area contributed by atoms with Gasteiger partial charge in [-0.3, -0.25) is 19.5 Å². The van der Waals surface area contributed by atoms with Gasteiger partial charge in [-0.05, 0) is 37.5 Å². The van der Waals surface area contributed by atoms with Crippen LogP contribution in [0, 0.1) is 17.0 Å². The van der Waals surface area contributed by atoms with Gasteiger partial charge in [-0.25, -0.2) is 0 Å². The predicted octanol–water partition coefficient (Wildman–Crippen LogP) is 4.09. The van der Waals surface area contributed by atoms with E-state index < -0.39 is 4.92 Å². The van der Waals surface area contributed by atoms with Crippen molar-refractivity contribution >= 4 is 29.0 Å². The second-order valence-electron chi connectivity index (χ2n) is 6.88. The van der Waals surface area contributed by atoms with Crippen LogP contribution >= 0.6 is 11.8 Å². The van der Waals surface area contributed by atoms with E-state index in [4.69, 9.17) is 0 Å². The van der Waals surface area contributed by atoms with E-state index in [1.807, 2.05) is 34.9 Å². The first kappa shape index (κ1) is 19.1. The maximum atomic E-state index is 12.5. The van der Waals surface area contributed by atoms with Crippen molar-refractivity contribution in [2.24, 2.45) is 0 Å². The SMILES string of the molecule is Cc1ccc([N+](=O)[O-])cc1NC(=O)CSc1nnc(C2CC2)n1-c1ccccc1. The summed E-state index contributed by atoms with van der Waals surface area (Å²) in [5, 5.41) is 23.0. The van der Waals surface area contributed by atoms with E-state index in [0.717, 1.165) is 29.9 Å². The molecule has 0 radical (unpaired) electrons. The molecule has 1 N–H and O–H groups in total. The third-order valence-corrected chi connectivity index (χ3v) is 5.58. The third kappa shape index (κ3) is 4.29. The predicted molar refractivity (Wildman–Crippen MR) is 111 cm³/mol. The lowest BCUT2D eigenvalue weighted by Crippen LogP contribution is -2.15. The van der Waals surface area contributed by atoms with Gasteiger partial charge >= 0.3 is 0 Å². The summed E-state index contributed by atoms with van der Waals surface area (Å²) in [5.74, 6) is 1.21. The van der Waals surface area contributed by atoms with Crippen LogP contribution in [0.4, 0.5) is 11.4 Å². The normalized spacial score (nSPS) is 13.3. The molecule has 4 rings (SSSR count). The number of para-hydroxylation sites is 1. The number of carbonyl (C=O) groups excluding carboxylic acids is 1. The first-order chi connectivity index (χ1) is 14.0. The standard InChI is InChI=1S/C20H19N5O3S/c1-13-7-10-16(25(27)28)11-17(13)21-18(26)12-29-20-23-22-19(14-8-9-14)24(20)15-5-3-2-4-6-15/h2-7,10-11,14H,8-9,12H2,1H3,(H,21,26). The number of amides is 1. The highest BCUT2D eigenvalue weighted by Crippen LogP contribution is 2.41. The molecule has 0 aliphatic heterocycles. The van der Waals surface area contributed by atoms with Crippen molar-refractivity contribution in [2.75, 3.05) is 11.1 Å². The van der Waals surface area contributed by atoms with E-state index in [1.165, 1.54) is 23.9 Å². The molecule has 1 aliphatic carbocycles. The molecule has 3 aromatic rings. The van der Waals surface area contributed by atoms with Crippen molar-refractivity contribution in [3.63, 3.8) is 0 Å². The Morgan fingerprint density at radius 3 is 2.69 bits per heavy atom. The van der Waals surface area contributed by atoms with Crippen LogP contribution in [0.15, 0.2) is 53.7 Å². The number of aromatic nitrogens is 3. The molecule has 0 saturated heterocycles. The van der Waals surface area contributed by atoms with Crippen LogP contribution in [0.5, 0.6) is 0 Å². The van der Waals surface area contributed by atoms with E-state index in [0.29, 0.717) is 16.8 Å². The second kappa shape index (κ2) is 8.04. The smallest absolute Gasteiger partial charge is 0.271 e. The molecular weight excluding hydrogens is 390 g/mol. The lowest BCUT2D eigenvalue weighted by molar-refractivity contribution is -0.384. The number of nitrogens with zero attached hydrogens (tertiary/aromatic N) is 4. The summed E-state index contributed by atoms with van der Waals surface area (Å²) in [7, 11) is 0. The first-order valence-corrected chi connectivity index (χ1v) is 10.2. The molecule has 1 heterocycles. The Hall–Kier alpha value is -3.20. The maximum absolute atomic E-state index is 12.5. The summed E-state index contributed by atoms with van der Waals surface area (Å²) < 4.78 is 2.01. The van der Waals surface area contributed by atoms with E-state index in [1.54, 1.807) is 13.0 Å². The quantitative estimate of drug-likeness (QED) is 0.358. The van der Waals surface area contributed by atoms with Gasteiger partial charge < -0.3 is 5.32 Å². The molecule has 0 bridgehead atoms. The van der Waals surface area contributed by atoms with Crippen LogP contribution in [0.2, 0.25) is 0 Å². The average Bonchev–Trinajstić information content (AvgIpc) is 3.48. The molecule has 0 atom stereocenters. The maximum Gasteiger partial charge on any atom is 0.271 e. The highest BCUT2D eigenvalue weighted by atomic mass is 32.2. The largest absolute Gasteiger partial charge is 0.325 e. The van der Waals surface area contributed by atoms with Crippen LogP contribution < -0.4 is 5.32 Å². The van der Waals surface area contributed by atoms with Gasteiger partial charge in [0.1, 0.15) is 5.82 Å². The molecule has 0 unspecified atom stereocenters. The lowest BCUT2D eigenvalue weighted by Gasteiger charge is -2.10. The summed E-state index contributed by atoms with van der Waals surface area (Å²) in [6.07, 6.45) is 2.20. The highest BCUT2D eigenvalue weighted by molar-refractivity contribution is 7.99. The molecule has 2 aromatic carbocycles. The van der Waals surface area contributed by atoms with Gasteiger partial charge in [0.2, 0.25) is 5.91 Å². The van der Waals surface area contributed by atoms with E-state index in [9.17, 15) is 14.9 Å². The molecule has 9 heteroatoms. The van der Waals surface area contributed by atoms with Crippen LogP contribution in [-0.2, 0) is 4.79 Å². The number of nitro groups is 1. The Kier molecular flexibility index (Phi) is 5.30. The van der Waals surface area contributed by atoms with Crippen molar-refractivity contribution in [1.29, 1.82) is 0 Å². The fourth-order valence-corrected chi connectivity index (χ4v) is 3.73. The number of rotatable bonds is 7. The summed E-state index contributed by atoms with van der Waals surface area (Å²) in [6, 6.07) is 14.3. The number of nitro benzene ring substituents is 1. The minimum atomic E-state index is -0.481. The number of non-ortho nitro benzene ring substituents is 1. The van der Waals surface area contributed by atoms with E-state index in [-0.39, 0.29) is 17.3 Å². The van der Waals surface area contributed by atoms with Crippen LogP contribution in [0.25, 0.3) is 5.69 Å². The van der Waals surface area contributed by atoms with Crippen molar-refractivity contribution in [3.05, 3.63) is 70.0 Å². The molecule has 8 nitrogen and oxygen atoms in total. The Balaban J connectivity index is 1.49. The molecule has 1 aromatic heterocycles. The number of anilines is 1. The molecular formula is C20H19N5O3S. The van der Waals surface area contributed by atoms with Crippen molar-refractivity contribution < 1.29 is 9.72 Å². The van der Waals surface area contributed by atoms with E-state index >= 15 is 0 Å². The average molecular weight is 409 g/mol. The monoisotopic (exact) mass is 409 g/mol. The molecule has 148 valence electrons. The fourth-order valence-electron chi connectivity index (χ4n) is 2.97. The van der Waals surface area contributed by atoms with Crippen LogP contribution in [0.1, 0.15) is 30.1 Å². The van der Waals surface area contributed by atoms with Crippen molar-refractivity contribution in [3.8, 4) is 5.69 Å². The number of hydrogen-bond donors (Lipinski definition) is 1. The van der Waals surface area contributed by atoms with Gasteiger partial charge in [0.25, 0.3) is 5.69 Å². The first-order valence-electron chi connectivity index (χ1n) is 9.21. The fraction of sp³-hybridized carbons (Fsp3) is 0.250.